The van der Waals surface area contributed by atoms with Gasteiger partial charge in [-0.25, -0.2) is 8.78 Å². The van der Waals surface area contributed by atoms with Crippen molar-refractivity contribution in [1.82, 2.24) is 19.6 Å². The van der Waals surface area contributed by atoms with Crippen LogP contribution in [-0.2, 0) is 24.2 Å². The molecular formula is C27H34F2N4O3. The highest BCUT2D eigenvalue weighted by Gasteiger charge is 2.47. The minimum absolute atomic E-state index is 0.140. The van der Waals surface area contributed by atoms with Crippen molar-refractivity contribution in [3.8, 4) is 0 Å². The summed E-state index contributed by atoms with van der Waals surface area (Å²) >= 11 is 0. The number of aryl methyl sites for hydroxylation is 1. The average molecular weight is 501 g/mol. The molecule has 0 spiro atoms. The van der Waals surface area contributed by atoms with E-state index in [1.54, 1.807) is 15.6 Å². The van der Waals surface area contributed by atoms with Gasteiger partial charge in [0.2, 0.25) is 5.91 Å². The number of likely N-dealkylation sites (tertiary alicyclic amines) is 2. The number of alkyl halides is 2. The van der Waals surface area contributed by atoms with Crippen LogP contribution >= 0.6 is 0 Å². The van der Waals surface area contributed by atoms with E-state index < -0.39 is 24.3 Å². The van der Waals surface area contributed by atoms with Crippen molar-refractivity contribution in [3.05, 3.63) is 51.8 Å². The number of fused-ring (bicyclic) bond motifs is 1. The van der Waals surface area contributed by atoms with Crippen LogP contribution < -0.4 is 0 Å². The van der Waals surface area contributed by atoms with Crippen molar-refractivity contribution in [1.29, 1.82) is 0 Å². The van der Waals surface area contributed by atoms with Crippen LogP contribution in [0.5, 0.6) is 0 Å². The first kappa shape index (κ1) is 24.9. The average Bonchev–Trinajstić information content (AvgIpc) is 3.44. The van der Waals surface area contributed by atoms with Gasteiger partial charge in [-0.05, 0) is 69.1 Å². The molecule has 2 amide bonds. The third-order valence-electron chi connectivity index (χ3n) is 8.22. The van der Waals surface area contributed by atoms with Crippen molar-refractivity contribution in [2.75, 3.05) is 26.2 Å². The standard InChI is InChI=1S/C27H34F2N4O3/c1-17-5-3-6-20(18(17)2)22-11-14-32(16-27(22,28)29)24(35)15-33-23-8-4-7-21(23)25(30-33)26(36)31-12-9-19(34)10-13-31/h3,5-6,19,22,34H,4,7-16H2,1-2H3. The molecule has 7 nitrogen and oxygen atoms in total. The highest BCUT2D eigenvalue weighted by atomic mass is 19.3. The van der Waals surface area contributed by atoms with Gasteiger partial charge >= 0.3 is 0 Å². The van der Waals surface area contributed by atoms with E-state index in [0.29, 0.717) is 43.6 Å². The van der Waals surface area contributed by atoms with Crippen LogP contribution in [0.1, 0.15) is 70.0 Å². The Kier molecular flexibility index (Phi) is 6.61. The molecule has 36 heavy (non-hydrogen) atoms. The Morgan fingerprint density at radius 1 is 1.08 bits per heavy atom. The van der Waals surface area contributed by atoms with Crippen LogP contribution in [0.15, 0.2) is 18.2 Å². The normalized spacial score (nSPS) is 22.1. The first-order valence-electron chi connectivity index (χ1n) is 12.9. The molecule has 1 unspecified atom stereocenters. The van der Waals surface area contributed by atoms with Crippen LogP contribution in [0.25, 0.3) is 0 Å². The summed E-state index contributed by atoms with van der Waals surface area (Å²) in [6.45, 7) is 4.26. The van der Waals surface area contributed by atoms with Gasteiger partial charge in [-0.15, -0.1) is 0 Å². The van der Waals surface area contributed by atoms with E-state index in [0.717, 1.165) is 35.2 Å². The number of amides is 2. The predicted octanol–water partition coefficient (Wildman–Crippen LogP) is 3.24. The van der Waals surface area contributed by atoms with Gasteiger partial charge in [-0.2, -0.15) is 5.10 Å². The number of hydrogen-bond acceptors (Lipinski definition) is 4. The minimum atomic E-state index is -3.03. The molecule has 0 radical (unpaired) electrons. The number of aliphatic hydroxyl groups is 1. The summed E-state index contributed by atoms with van der Waals surface area (Å²) in [6.07, 6.45) is 3.21. The van der Waals surface area contributed by atoms with Crippen molar-refractivity contribution < 1.29 is 23.5 Å². The second-order valence-electron chi connectivity index (χ2n) is 10.5. The van der Waals surface area contributed by atoms with Crippen LogP contribution in [0.3, 0.4) is 0 Å². The Labute approximate surface area is 210 Å². The summed E-state index contributed by atoms with van der Waals surface area (Å²) in [7, 11) is 0. The van der Waals surface area contributed by atoms with E-state index in [9.17, 15) is 14.7 Å². The number of nitrogens with zero attached hydrogens (tertiary/aromatic N) is 4. The first-order valence-corrected chi connectivity index (χ1v) is 12.9. The number of aliphatic hydroxyl groups excluding tert-OH is 1. The lowest BCUT2D eigenvalue weighted by molar-refractivity contribution is -0.145. The summed E-state index contributed by atoms with van der Waals surface area (Å²) < 4.78 is 32.1. The topological polar surface area (TPSA) is 78.7 Å². The number of benzene rings is 1. The van der Waals surface area contributed by atoms with Crippen LogP contribution in [-0.4, -0.2) is 74.7 Å². The van der Waals surface area contributed by atoms with Gasteiger partial charge in [0, 0.05) is 30.9 Å². The van der Waals surface area contributed by atoms with Gasteiger partial charge in [0.05, 0.1) is 18.6 Å². The van der Waals surface area contributed by atoms with Gasteiger partial charge in [0.1, 0.15) is 6.54 Å². The van der Waals surface area contributed by atoms with Crippen molar-refractivity contribution in [3.63, 3.8) is 0 Å². The monoisotopic (exact) mass is 500 g/mol. The molecule has 9 heteroatoms. The lowest BCUT2D eigenvalue weighted by Gasteiger charge is -2.39. The zero-order valence-corrected chi connectivity index (χ0v) is 21.0. The summed E-state index contributed by atoms with van der Waals surface area (Å²) in [4.78, 5) is 29.2. The number of rotatable bonds is 4. The molecule has 3 aliphatic rings. The SMILES string of the molecule is Cc1cccc(C2CCN(C(=O)Cn3nc(C(=O)N4CCC(O)CC4)c4c3CCC4)CC2(F)F)c1C. The molecule has 194 valence electrons. The Balaban J connectivity index is 1.30. The summed E-state index contributed by atoms with van der Waals surface area (Å²) in [5, 5.41) is 14.3. The molecule has 1 aromatic carbocycles. The van der Waals surface area contributed by atoms with Crippen molar-refractivity contribution >= 4 is 11.8 Å². The largest absolute Gasteiger partial charge is 0.393 e. The Morgan fingerprint density at radius 3 is 2.53 bits per heavy atom. The maximum atomic E-state index is 15.3. The van der Waals surface area contributed by atoms with E-state index >= 15 is 8.78 Å². The van der Waals surface area contributed by atoms with E-state index in [-0.39, 0.29) is 31.5 Å². The molecule has 0 saturated carbocycles. The Morgan fingerprint density at radius 2 is 1.81 bits per heavy atom. The number of halogens is 2. The highest BCUT2D eigenvalue weighted by molar-refractivity contribution is 5.94. The van der Waals surface area contributed by atoms with Crippen molar-refractivity contribution in [2.45, 2.75) is 76.9 Å². The lowest BCUT2D eigenvalue weighted by atomic mass is 9.83. The molecule has 0 bridgehead atoms. The van der Waals surface area contributed by atoms with Gasteiger partial charge in [0.15, 0.2) is 5.69 Å². The summed E-state index contributed by atoms with van der Waals surface area (Å²) in [5.41, 5.74) is 4.63. The summed E-state index contributed by atoms with van der Waals surface area (Å²) in [5.74, 6) is -4.51. The molecule has 2 aliphatic heterocycles. The van der Waals surface area contributed by atoms with E-state index in [1.807, 2.05) is 26.0 Å². The van der Waals surface area contributed by atoms with E-state index in [4.69, 9.17) is 0 Å². The van der Waals surface area contributed by atoms with Gasteiger partial charge in [-0.1, -0.05) is 18.2 Å². The quantitative estimate of drug-likeness (QED) is 0.699. The number of piperidine rings is 2. The molecule has 1 N–H and O–H groups in total. The number of carbonyl (C=O) groups is 2. The zero-order chi connectivity index (χ0) is 25.6. The fraction of sp³-hybridized carbons (Fsp3) is 0.593. The Bertz CT molecular complexity index is 1170. The molecule has 1 aliphatic carbocycles. The smallest absolute Gasteiger partial charge is 0.274 e. The fourth-order valence-corrected chi connectivity index (χ4v) is 5.95. The maximum absolute atomic E-state index is 15.3. The van der Waals surface area contributed by atoms with Crippen LogP contribution in [0, 0.1) is 13.8 Å². The van der Waals surface area contributed by atoms with Gasteiger partial charge in [0.25, 0.3) is 11.8 Å². The van der Waals surface area contributed by atoms with Crippen LogP contribution in [0.2, 0.25) is 0 Å². The molecule has 2 aromatic rings. The molecule has 1 atom stereocenters. The molecule has 2 fully saturated rings. The molecule has 1 aromatic heterocycles. The van der Waals surface area contributed by atoms with Gasteiger partial charge < -0.3 is 14.9 Å². The second kappa shape index (κ2) is 9.57. The number of carbonyl (C=O) groups excluding carboxylic acids is 2. The zero-order valence-electron chi connectivity index (χ0n) is 21.0. The minimum Gasteiger partial charge on any atom is -0.393 e. The van der Waals surface area contributed by atoms with Gasteiger partial charge in [-0.3, -0.25) is 14.3 Å². The van der Waals surface area contributed by atoms with Crippen LogP contribution in [0.4, 0.5) is 8.78 Å². The number of aromatic nitrogens is 2. The lowest BCUT2D eigenvalue weighted by Crippen LogP contribution is -2.50. The molecular weight excluding hydrogens is 466 g/mol. The second-order valence-corrected chi connectivity index (χ2v) is 10.5. The maximum Gasteiger partial charge on any atom is 0.274 e. The highest BCUT2D eigenvalue weighted by Crippen LogP contribution is 2.42. The van der Waals surface area contributed by atoms with E-state index in [2.05, 4.69) is 5.10 Å². The molecule has 2 saturated heterocycles. The third-order valence-corrected chi connectivity index (χ3v) is 8.22. The molecule has 5 rings (SSSR count). The fourth-order valence-electron chi connectivity index (χ4n) is 5.95. The first-order chi connectivity index (χ1) is 17.2. The third kappa shape index (κ3) is 4.53. The number of hydrogen-bond donors (Lipinski definition) is 1. The molecule has 3 heterocycles. The predicted molar refractivity (Wildman–Crippen MR) is 130 cm³/mol. The Hall–Kier alpha value is -2.81. The van der Waals surface area contributed by atoms with Crippen molar-refractivity contribution in [2.24, 2.45) is 0 Å². The summed E-state index contributed by atoms with van der Waals surface area (Å²) in [6, 6.07) is 5.51. The van der Waals surface area contributed by atoms with E-state index in [1.165, 1.54) is 4.90 Å².